The molecule has 0 spiro atoms. The van der Waals surface area contributed by atoms with Gasteiger partial charge in [-0.1, -0.05) is 6.07 Å². The Morgan fingerprint density at radius 3 is 2.35 bits per heavy atom. The van der Waals surface area contributed by atoms with Crippen molar-refractivity contribution in [2.75, 3.05) is 65.9 Å². The predicted molar refractivity (Wildman–Crippen MR) is 234 cm³/mol. The lowest BCUT2D eigenvalue weighted by Gasteiger charge is -2.38. The molecule has 1 atom stereocenters. The number of imide groups is 2. The third-order valence-electron chi connectivity index (χ3n) is 12.3. The Bertz CT molecular complexity index is 2670. The van der Waals surface area contributed by atoms with E-state index < -0.39 is 57.3 Å². The van der Waals surface area contributed by atoms with Gasteiger partial charge in [0.25, 0.3) is 17.7 Å². The van der Waals surface area contributed by atoms with Gasteiger partial charge in [0.15, 0.2) is 5.82 Å². The van der Waals surface area contributed by atoms with Gasteiger partial charge in [-0.25, -0.2) is 18.4 Å². The van der Waals surface area contributed by atoms with Gasteiger partial charge in [0.2, 0.25) is 27.8 Å². The van der Waals surface area contributed by atoms with Crippen molar-refractivity contribution in [2.45, 2.75) is 63.3 Å². The molecule has 0 saturated carbocycles. The second-order valence-electron chi connectivity index (χ2n) is 16.7. The lowest BCUT2D eigenvalue weighted by molar-refractivity contribution is -0.138. The first-order valence-electron chi connectivity index (χ1n) is 21.4. The van der Waals surface area contributed by atoms with Crippen molar-refractivity contribution in [1.82, 2.24) is 40.4 Å². The molecule has 3 fully saturated rings. The summed E-state index contributed by atoms with van der Waals surface area (Å²) < 4.78 is 67.1. The van der Waals surface area contributed by atoms with Crippen molar-refractivity contribution in [3.8, 4) is 0 Å². The van der Waals surface area contributed by atoms with Crippen molar-refractivity contribution >= 4 is 68.5 Å². The number of halogens is 3. The van der Waals surface area contributed by atoms with Gasteiger partial charge in [0, 0.05) is 87.8 Å². The number of anilines is 5. The van der Waals surface area contributed by atoms with Crippen LogP contribution in [0.1, 0.15) is 80.9 Å². The quantitative estimate of drug-likeness (QED) is 0.141. The zero-order valence-corrected chi connectivity index (χ0v) is 36.8. The van der Waals surface area contributed by atoms with E-state index >= 15 is 0 Å². The van der Waals surface area contributed by atoms with Crippen LogP contribution in [-0.4, -0.2) is 126 Å². The normalized spacial score (nSPS) is 18.8. The van der Waals surface area contributed by atoms with Gasteiger partial charge in [-0.3, -0.25) is 43.5 Å². The molecule has 6 heterocycles. The van der Waals surface area contributed by atoms with Crippen molar-refractivity contribution < 1.29 is 45.6 Å². The summed E-state index contributed by atoms with van der Waals surface area (Å²) in [6.07, 6.45) is 2.81. The number of sulfonamides is 1. The zero-order valence-electron chi connectivity index (χ0n) is 36.0. The largest absolute Gasteiger partial charge is 0.421 e. The number of benzene rings is 2. The molecule has 4 N–H and O–H groups in total. The molecule has 0 aliphatic carbocycles. The molecule has 0 bridgehead atoms. The van der Waals surface area contributed by atoms with Gasteiger partial charge in [-0.15, -0.1) is 0 Å². The number of nitrogens with one attached hydrogen (secondary N) is 4. The van der Waals surface area contributed by atoms with Crippen LogP contribution in [0.2, 0.25) is 0 Å². The van der Waals surface area contributed by atoms with Crippen LogP contribution in [0.15, 0.2) is 61.1 Å². The molecular formula is C43H47F3N12O7S. The van der Waals surface area contributed by atoms with Crippen molar-refractivity contribution in [2.24, 2.45) is 5.92 Å². The molecule has 0 radical (unpaired) electrons. The zero-order chi connectivity index (χ0) is 46.9. The molecule has 4 aromatic rings. The molecule has 4 aliphatic heterocycles. The predicted octanol–water partition coefficient (Wildman–Crippen LogP) is 3.55. The highest BCUT2D eigenvalue weighted by atomic mass is 32.2. The maximum atomic E-state index is 14.0. The number of aromatic nitrogens is 4. The van der Waals surface area contributed by atoms with Crippen molar-refractivity contribution in [1.29, 1.82) is 0 Å². The highest BCUT2D eigenvalue weighted by Crippen LogP contribution is 2.35. The number of fused-ring (bicyclic) bond motifs is 1. The van der Waals surface area contributed by atoms with Crippen LogP contribution in [0.3, 0.4) is 0 Å². The topological polar surface area (TPSA) is 232 Å². The third kappa shape index (κ3) is 10.1. The molecule has 23 heteroatoms. The summed E-state index contributed by atoms with van der Waals surface area (Å²) in [5.41, 5.74) is 0.934. The van der Waals surface area contributed by atoms with Crippen LogP contribution in [0, 0.1) is 5.92 Å². The molecule has 348 valence electrons. The van der Waals surface area contributed by atoms with E-state index in [4.69, 9.17) is 0 Å². The summed E-state index contributed by atoms with van der Waals surface area (Å²) in [5, 5.41) is 10.8. The lowest BCUT2D eigenvalue weighted by Crippen LogP contribution is -2.54. The van der Waals surface area contributed by atoms with E-state index in [-0.39, 0.29) is 59.9 Å². The number of likely N-dealkylation sites (tertiary alicyclic amines) is 1. The maximum absolute atomic E-state index is 14.0. The molecule has 2 aromatic carbocycles. The number of alkyl halides is 3. The van der Waals surface area contributed by atoms with Gasteiger partial charge in [0.1, 0.15) is 23.1 Å². The first-order valence-corrected chi connectivity index (χ1v) is 23.2. The highest BCUT2D eigenvalue weighted by Gasteiger charge is 2.45. The van der Waals surface area contributed by atoms with Gasteiger partial charge in [-0.05, 0) is 74.4 Å². The number of hydrogen-bond acceptors (Lipinski definition) is 15. The summed E-state index contributed by atoms with van der Waals surface area (Å²) in [6.45, 7) is 3.69. The molecule has 8 rings (SSSR count). The number of carbonyl (C=O) groups excluding carboxylic acids is 5. The number of rotatable bonds is 13. The van der Waals surface area contributed by atoms with Crippen molar-refractivity contribution in [3.05, 3.63) is 89.0 Å². The summed E-state index contributed by atoms with van der Waals surface area (Å²) >= 11 is 0. The molecular weight excluding hydrogens is 886 g/mol. The molecule has 4 aliphatic rings. The van der Waals surface area contributed by atoms with E-state index in [1.165, 1.54) is 19.4 Å². The number of piperidine rings is 3. The fourth-order valence-electron chi connectivity index (χ4n) is 8.65. The van der Waals surface area contributed by atoms with Gasteiger partial charge in [0.05, 0.1) is 23.9 Å². The van der Waals surface area contributed by atoms with Gasteiger partial charge >= 0.3 is 6.18 Å². The minimum atomic E-state index is -4.82. The summed E-state index contributed by atoms with van der Waals surface area (Å²) in [4.78, 5) is 85.6. The average Bonchev–Trinajstić information content (AvgIpc) is 3.53. The fourth-order valence-corrected chi connectivity index (χ4v) is 9.11. The van der Waals surface area contributed by atoms with E-state index in [1.807, 2.05) is 6.07 Å². The smallest absolute Gasteiger partial charge is 0.371 e. The maximum Gasteiger partial charge on any atom is 0.421 e. The Labute approximate surface area is 377 Å². The van der Waals surface area contributed by atoms with E-state index in [1.54, 1.807) is 36.4 Å². The SMILES string of the molecule is CN(c1nccnc1CNc1nc(Nc2cccc(C(=O)NC3CCN(CC4CCN(c5ccc6c(c5)C(=O)N(C5CCC(=O)NC5=O)C6=O)CC4)CC3)c2)ncc1C(F)(F)F)S(C)(=O)=O. The van der Waals surface area contributed by atoms with Crippen LogP contribution in [0.5, 0.6) is 0 Å². The Morgan fingerprint density at radius 1 is 0.909 bits per heavy atom. The molecule has 3 saturated heterocycles. The van der Waals surface area contributed by atoms with Crippen LogP contribution in [0.25, 0.3) is 0 Å². The standard InChI is InChI=1S/C43H47F3N12O7S/c1-55(66(2,64)65)37-33(47-14-15-48-37)23-49-36-32(43(44,45)46)22-50-42(54-36)52-28-5-3-4-26(20-28)38(60)51-27-12-16-56(17-13-27)24-25-10-18-57(19-11-25)29-6-7-30-31(21-29)41(63)58(40(30)62)34-8-9-35(59)53-39(34)61/h3-7,14-15,20-22,25,27,34H,8-13,16-19,23-24H2,1-2H3,(H,51,60)(H,53,59,61)(H2,49,50,52,54). The van der Waals surface area contributed by atoms with Gasteiger partial charge in [-0.2, -0.15) is 18.2 Å². The van der Waals surface area contributed by atoms with E-state index in [2.05, 4.69) is 51.0 Å². The van der Waals surface area contributed by atoms with Crippen LogP contribution >= 0.6 is 0 Å². The van der Waals surface area contributed by atoms with E-state index in [0.717, 1.165) is 79.6 Å². The minimum Gasteiger partial charge on any atom is -0.371 e. The molecule has 2 aromatic heterocycles. The number of nitrogens with zero attached hydrogens (tertiary/aromatic N) is 8. The molecule has 5 amide bonds. The van der Waals surface area contributed by atoms with Crippen molar-refractivity contribution in [3.63, 3.8) is 0 Å². The Hall–Kier alpha value is -6.75. The number of amides is 5. The first kappa shape index (κ1) is 45.8. The van der Waals surface area contributed by atoms with E-state index in [0.29, 0.717) is 23.4 Å². The van der Waals surface area contributed by atoms with Gasteiger partial charge < -0.3 is 25.8 Å². The second kappa shape index (κ2) is 18.6. The Kier molecular flexibility index (Phi) is 12.9. The van der Waals surface area contributed by atoms with Crippen LogP contribution in [-0.2, 0) is 32.3 Å². The molecule has 66 heavy (non-hydrogen) atoms. The third-order valence-corrected chi connectivity index (χ3v) is 13.5. The Morgan fingerprint density at radius 2 is 1.64 bits per heavy atom. The fraction of sp³-hybridized carbons (Fsp3) is 0.419. The van der Waals surface area contributed by atoms with Crippen LogP contribution in [0.4, 0.5) is 42.1 Å². The molecule has 19 nitrogen and oxygen atoms in total. The number of hydrogen-bond donors (Lipinski definition) is 4. The highest BCUT2D eigenvalue weighted by molar-refractivity contribution is 7.92. The average molecular weight is 933 g/mol. The van der Waals surface area contributed by atoms with E-state index in [9.17, 15) is 45.6 Å². The lowest BCUT2D eigenvalue weighted by atomic mass is 9.94. The summed E-state index contributed by atoms with van der Waals surface area (Å²) in [6, 6.07) is 10.5. The molecule has 1 unspecified atom stereocenters. The first-order chi connectivity index (χ1) is 31.4. The van der Waals surface area contributed by atoms with Crippen LogP contribution < -0.4 is 30.5 Å². The number of carbonyl (C=O) groups is 5. The summed E-state index contributed by atoms with van der Waals surface area (Å²) in [7, 11) is -2.49. The monoisotopic (exact) mass is 932 g/mol. The second-order valence-corrected chi connectivity index (χ2v) is 18.7. The summed E-state index contributed by atoms with van der Waals surface area (Å²) in [5.74, 6) is -2.82. The Balaban J connectivity index is 0.811. The minimum absolute atomic E-state index is 0.0566.